The van der Waals surface area contributed by atoms with Crippen molar-refractivity contribution in [1.29, 1.82) is 0 Å². The van der Waals surface area contributed by atoms with Crippen molar-refractivity contribution in [2.75, 3.05) is 5.73 Å². The van der Waals surface area contributed by atoms with Gasteiger partial charge in [0.05, 0.1) is 5.52 Å². The number of nitrogens with zero attached hydrogens (tertiary/aromatic N) is 2. The van der Waals surface area contributed by atoms with E-state index in [4.69, 9.17) is 14.3 Å². The summed E-state index contributed by atoms with van der Waals surface area (Å²) in [6.07, 6.45) is 0. The minimum absolute atomic E-state index is 0.0345. The van der Waals surface area contributed by atoms with Crippen LogP contribution in [0.1, 0.15) is 0 Å². The zero-order chi connectivity index (χ0) is 22.3. The van der Waals surface area contributed by atoms with Gasteiger partial charge in [0.1, 0.15) is 27.4 Å². The highest BCUT2D eigenvalue weighted by Crippen LogP contribution is 2.29. The van der Waals surface area contributed by atoms with E-state index in [0.717, 1.165) is 0 Å². The van der Waals surface area contributed by atoms with E-state index in [9.17, 15) is 13.2 Å². The molecule has 2 N–H and O–H groups in total. The summed E-state index contributed by atoms with van der Waals surface area (Å²) >= 11 is 0. The van der Waals surface area contributed by atoms with Gasteiger partial charge in [-0.05, 0) is 36.4 Å². The number of rotatable bonds is 4. The first kappa shape index (κ1) is 19.7. The largest absolute Gasteiger partial charge is 0.422 e. The number of para-hydroxylation sites is 1. The average molecular weight is 445 g/mol. The number of aromatic nitrogens is 2. The topological polar surface area (TPSA) is 125 Å². The van der Waals surface area contributed by atoms with E-state index >= 15 is 0 Å². The third kappa shape index (κ3) is 3.44. The summed E-state index contributed by atoms with van der Waals surface area (Å²) in [7, 11) is -4.01. The fourth-order valence-electron chi connectivity index (χ4n) is 3.35. The summed E-state index contributed by atoms with van der Waals surface area (Å²) in [4.78, 5) is 21.2. The minimum Gasteiger partial charge on any atom is -0.422 e. The quantitative estimate of drug-likeness (QED) is 0.252. The molecule has 2 heterocycles. The van der Waals surface area contributed by atoms with E-state index in [1.807, 2.05) is 0 Å². The van der Waals surface area contributed by atoms with E-state index in [-0.39, 0.29) is 27.7 Å². The van der Waals surface area contributed by atoms with Gasteiger partial charge in [-0.25, -0.2) is 14.8 Å². The van der Waals surface area contributed by atoms with E-state index < -0.39 is 15.7 Å². The molecule has 0 saturated heterocycles. The lowest BCUT2D eigenvalue weighted by Gasteiger charge is -2.09. The zero-order valence-corrected chi connectivity index (χ0v) is 17.2. The fourth-order valence-corrected chi connectivity index (χ4v) is 4.30. The van der Waals surface area contributed by atoms with Crippen LogP contribution >= 0.6 is 0 Å². The van der Waals surface area contributed by atoms with Crippen LogP contribution in [-0.4, -0.2) is 18.4 Å². The van der Waals surface area contributed by atoms with Crippen LogP contribution in [0.25, 0.3) is 33.3 Å². The van der Waals surface area contributed by atoms with Crippen LogP contribution in [0.2, 0.25) is 0 Å². The molecule has 0 aliphatic rings. The second-order valence-corrected chi connectivity index (χ2v) is 8.47. The minimum atomic E-state index is -4.01. The van der Waals surface area contributed by atoms with Crippen LogP contribution in [0.4, 0.5) is 5.82 Å². The van der Waals surface area contributed by atoms with Gasteiger partial charge in [-0.1, -0.05) is 42.5 Å². The molecule has 32 heavy (non-hydrogen) atoms. The van der Waals surface area contributed by atoms with Crippen molar-refractivity contribution in [3.63, 3.8) is 0 Å². The number of benzene rings is 3. The molecule has 2 aromatic heterocycles. The lowest BCUT2D eigenvalue weighted by Crippen LogP contribution is -2.10. The van der Waals surface area contributed by atoms with Gasteiger partial charge in [0.25, 0.3) is 0 Å². The maximum absolute atomic E-state index is 12.5. The zero-order valence-electron chi connectivity index (χ0n) is 16.4. The Morgan fingerprint density at radius 2 is 1.62 bits per heavy atom. The van der Waals surface area contributed by atoms with Crippen LogP contribution in [0.15, 0.2) is 93.0 Å². The van der Waals surface area contributed by atoms with Crippen molar-refractivity contribution in [3.8, 4) is 17.1 Å². The molecular formula is C23H15N3O5S. The van der Waals surface area contributed by atoms with E-state index in [0.29, 0.717) is 22.0 Å². The smallest absolute Gasteiger partial charge is 0.349 e. The lowest BCUT2D eigenvalue weighted by atomic mass is 10.1. The van der Waals surface area contributed by atoms with E-state index in [1.165, 1.54) is 24.3 Å². The number of fused-ring (bicyclic) bond motifs is 3. The molecule has 0 amide bonds. The lowest BCUT2D eigenvalue weighted by molar-refractivity contribution is 0.486. The first-order valence-corrected chi connectivity index (χ1v) is 10.9. The predicted octanol–water partition coefficient (Wildman–Crippen LogP) is 3.75. The molecule has 0 spiro atoms. The summed E-state index contributed by atoms with van der Waals surface area (Å²) in [5, 5.41) is 0.697. The Bertz CT molecular complexity index is 1650. The van der Waals surface area contributed by atoms with Crippen LogP contribution in [0.5, 0.6) is 5.75 Å². The van der Waals surface area contributed by atoms with Crippen molar-refractivity contribution in [2.45, 2.75) is 4.90 Å². The summed E-state index contributed by atoms with van der Waals surface area (Å²) in [5.41, 5.74) is 6.63. The highest BCUT2D eigenvalue weighted by atomic mass is 32.2. The molecule has 5 rings (SSSR count). The highest BCUT2D eigenvalue weighted by molar-refractivity contribution is 7.87. The van der Waals surface area contributed by atoms with Crippen LogP contribution < -0.4 is 15.5 Å². The number of nitrogens with two attached hydrogens (primary N) is 1. The standard InChI is InChI=1S/C23H15N3O5S/c24-21-19-20(17-11-4-5-12-18(17)30-23(19)27)25-22(26-21)14-7-6-8-15(13-14)31-32(28,29)16-9-2-1-3-10-16/h1-13H,(H2,24,25,26). The fraction of sp³-hybridized carbons (Fsp3) is 0. The second kappa shape index (κ2) is 7.47. The first-order valence-electron chi connectivity index (χ1n) is 9.51. The highest BCUT2D eigenvalue weighted by Gasteiger charge is 2.18. The van der Waals surface area contributed by atoms with Crippen molar-refractivity contribution in [3.05, 3.63) is 89.3 Å². The van der Waals surface area contributed by atoms with Gasteiger partial charge < -0.3 is 14.3 Å². The van der Waals surface area contributed by atoms with Gasteiger partial charge in [0.2, 0.25) is 0 Å². The number of hydrogen-bond acceptors (Lipinski definition) is 8. The Hall–Kier alpha value is -4.24. The summed E-state index contributed by atoms with van der Waals surface area (Å²) in [5.74, 6) is 0.270. The predicted molar refractivity (Wildman–Crippen MR) is 120 cm³/mol. The number of nitrogen functional groups attached to an aromatic ring is 1. The van der Waals surface area contributed by atoms with Crippen LogP contribution in [0, 0.1) is 0 Å². The Morgan fingerprint density at radius 3 is 2.44 bits per heavy atom. The molecule has 0 unspecified atom stereocenters. The molecule has 0 aliphatic carbocycles. The molecule has 5 aromatic rings. The van der Waals surface area contributed by atoms with Crippen molar-refractivity contribution >= 4 is 37.8 Å². The Kier molecular flexibility index (Phi) is 4.60. The molecule has 0 bridgehead atoms. The molecular weight excluding hydrogens is 430 g/mol. The SMILES string of the molecule is Nc1nc(-c2cccc(OS(=O)(=O)c3ccccc3)c2)nc2c1c(=O)oc1ccccc12. The van der Waals surface area contributed by atoms with Gasteiger partial charge in [-0.15, -0.1) is 0 Å². The van der Waals surface area contributed by atoms with Gasteiger partial charge in [0.15, 0.2) is 5.82 Å². The number of hydrogen-bond donors (Lipinski definition) is 1. The maximum Gasteiger partial charge on any atom is 0.349 e. The molecule has 9 heteroatoms. The van der Waals surface area contributed by atoms with Gasteiger partial charge >= 0.3 is 15.7 Å². The third-order valence-corrected chi connectivity index (χ3v) is 6.08. The molecule has 0 atom stereocenters. The van der Waals surface area contributed by atoms with E-state index in [1.54, 1.807) is 54.6 Å². The third-order valence-electron chi connectivity index (χ3n) is 4.82. The van der Waals surface area contributed by atoms with Gasteiger partial charge in [0, 0.05) is 10.9 Å². The molecule has 0 saturated carbocycles. The summed E-state index contributed by atoms with van der Waals surface area (Å²) in [6.45, 7) is 0. The molecule has 8 nitrogen and oxygen atoms in total. The molecule has 0 aliphatic heterocycles. The Balaban J connectivity index is 1.62. The number of anilines is 1. The van der Waals surface area contributed by atoms with Gasteiger partial charge in [-0.3, -0.25) is 0 Å². The van der Waals surface area contributed by atoms with Crippen LogP contribution in [-0.2, 0) is 10.1 Å². The van der Waals surface area contributed by atoms with Crippen molar-refractivity contribution < 1.29 is 17.0 Å². The maximum atomic E-state index is 12.5. The Labute approximate surface area is 182 Å². The molecule has 158 valence electrons. The van der Waals surface area contributed by atoms with Crippen molar-refractivity contribution in [1.82, 2.24) is 9.97 Å². The molecule has 0 fully saturated rings. The Morgan fingerprint density at radius 1 is 0.875 bits per heavy atom. The monoisotopic (exact) mass is 445 g/mol. The second-order valence-electron chi connectivity index (χ2n) is 6.92. The van der Waals surface area contributed by atoms with Gasteiger partial charge in [-0.2, -0.15) is 8.42 Å². The normalized spacial score (nSPS) is 11.6. The first-order chi connectivity index (χ1) is 15.4. The molecule has 0 radical (unpaired) electrons. The summed E-state index contributed by atoms with van der Waals surface area (Å²) in [6, 6.07) is 21.1. The van der Waals surface area contributed by atoms with E-state index in [2.05, 4.69) is 9.97 Å². The molecule has 3 aromatic carbocycles. The average Bonchev–Trinajstić information content (AvgIpc) is 2.79. The van der Waals surface area contributed by atoms with Crippen molar-refractivity contribution in [2.24, 2.45) is 0 Å². The van der Waals surface area contributed by atoms with Crippen LogP contribution in [0.3, 0.4) is 0 Å². The summed E-state index contributed by atoms with van der Waals surface area (Å²) < 4.78 is 35.7.